The van der Waals surface area contributed by atoms with Gasteiger partial charge in [0, 0.05) is 48.7 Å². The van der Waals surface area contributed by atoms with Crippen molar-refractivity contribution in [2.75, 3.05) is 13.4 Å². The van der Waals surface area contributed by atoms with Crippen LogP contribution in [0.15, 0.2) is 71.4 Å². The third kappa shape index (κ3) is 17.8. The van der Waals surface area contributed by atoms with Gasteiger partial charge in [-0.25, -0.2) is 28.2 Å². The van der Waals surface area contributed by atoms with Crippen molar-refractivity contribution in [1.82, 2.24) is 44.3 Å². The molecule has 3 aromatic heterocycles. The minimum Gasteiger partial charge on any atom is -0.553 e. The summed E-state index contributed by atoms with van der Waals surface area (Å²) in [5.74, 6) is 11.8. The summed E-state index contributed by atoms with van der Waals surface area (Å²) in [5, 5.41) is 62.8. The topological polar surface area (TPSA) is 346 Å². The number of rotatable bonds is 11. The van der Waals surface area contributed by atoms with Gasteiger partial charge >= 0.3 is 40.9 Å². The number of aromatic nitrogens is 9. The van der Waals surface area contributed by atoms with Gasteiger partial charge in [-0.2, -0.15) is 10.2 Å². The van der Waals surface area contributed by atoms with Gasteiger partial charge in [0.05, 0.1) is 17.3 Å². The number of nitrogens with one attached hydrogen (secondary N) is 3. The van der Waals surface area contributed by atoms with Crippen molar-refractivity contribution in [3.05, 3.63) is 102 Å². The standard InChI is InChI=1S/C17H25N3O2S.C16H23N3O.C14H19N3O3.CH4O.ClH2N5.H2NO.Na/c1-10(2)14-9-15(13(6)8-12(14)5)16-18-19-17(23(7,21)22)20(16)11(3)4;1-9(2)13-8-14(12(6)7-11(13)5)15-17-18-16(20)19(15)10(3)4;1-7(2)9-5-10(12(19)6-11(9)18)13-15-16-14(20)17(13)8(3)4;1-2;1-3-5-6-4-2;1-2;/h8-11H,1-7H3;7-10H,1-6H3,(H,18,20);5-8,18-19H,1-4H3,(H,16,20);2H,1H3;(H2,2,3,6);1-2H;/q;;;;;-1;+1. The van der Waals surface area contributed by atoms with Gasteiger partial charge in [0.1, 0.15) is 11.5 Å². The van der Waals surface area contributed by atoms with Gasteiger partial charge in [-0.05, 0) is 155 Å². The van der Waals surface area contributed by atoms with E-state index in [9.17, 15) is 28.2 Å². The summed E-state index contributed by atoms with van der Waals surface area (Å²) in [7, 11) is -2.42. The van der Waals surface area contributed by atoms with E-state index in [1.807, 2.05) is 62.3 Å². The zero-order valence-corrected chi connectivity index (χ0v) is 49.7. The molecule has 0 unspecified atom stereocenters. The van der Waals surface area contributed by atoms with Gasteiger partial charge in [-0.15, -0.1) is 10.2 Å². The number of aliphatic hydroxyl groups is 1. The molecule has 0 amide bonds. The largest absolute Gasteiger partial charge is 1.00 e. The van der Waals surface area contributed by atoms with Crippen LogP contribution in [0.2, 0.25) is 0 Å². The number of halogens is 1. The summed E-state index contributed by atoms with van der Waals surface area (Å²) in [4.78, 5) is 23.7. The van der Waals surface area contributed by atoms with Crippen LogP contribution < -0.4 is 46.8 Å². The molecule has 6 aromatic rings. The molecule has 0 aliphatic heterocycles. The molecule has 6 rings (SSSR count). The predicted octanol–water partition coefficient (Wildman–Crippen LogP) is 7.46. The number of hydrogen-bond donors (Lipinski definition) is 7. The van der Waals surface area contributed by atoms with Crippen LogP contribution in [-0.2, 0) is 9.84 Å². The van der Waals surface area contributed by atoms with Crippen molar-refractivity contribution >= 4 is 21.6 Å². The van der Waals surface area contributed by atoms with E-state index in [4.69, 9.17) is 16.2 Å². The third-order valence-electron chi connectivity index (χ3n) is 11.0. The number of H-pyrrole nitrogens is 2. The maximum atomic E-state index is 12.0. The Balaban J connectivity index is 0.000000985. The van der Waals surface area contributed by atoms with Crippen molar-refractivity contribution in [2.24, 2.45) is 26.1 Å². The first-order valence-electron chi connectivity index (χ1n) is 23.2. The van der Waals surface area contributed by atoms with Crippen molar-refractivity contribution in [1.29, 1.82) is 0 Å². The number of aryl methyl sites for hydroxylation is 4. The minimum atomic E-state index is -3.42. The van der Waals surface area contributed by atoms with E-state index in [2.05, 4.69) is 141 Å². The van der Waals surface area contributed by atoms with Crippen molar-refractivity contribution in [3.8, 4) is 45.7 Å². The van der Waals surface area contributed by atoms with Crippen LogP contribution in [0.4, 0.5) is 0 Å². The monoisotopic (exact) mass is 1080 g/mol. The van der Waals surface area contributed by atoms with Gasteiger partial charge < -0.3 is 32.3 Å². The molecule has 74 heavy (non-hydrogen) atoms. The summed E-state index contributed by atoms with van der Waals surface area (Å²) >= 11 is 4.63. The first-order chi connectivity index (χ1) is 34.1. The molecule has 0 aliphatic carbocycles. The molecule has 26 heteroatoms. The molecular formula is C48H75ClN15NaO8S. The van der Waals surface area contributed by atoms with Crippen molar-refractivity contribution in [2.45, 2.75) is 152 Å². The van der Waals surface area contributed by atoms with Gasteiger partial charge in [-0.3, -0.25) is 13.7 Å². The first kappa shape index (κ1) is 68.4. The number of benzene rings is 3. The van der Waals surface area contributed by atoms with Crippen LogP contribution in [0.3, 0.4) is 0 Å². The molecule has 23 nitrogen and oxygen atoms in total. The minimum absolute atomic E-state index is 0. The number of sulfone groups is 1. The average Bonchev–Trinajstić information content (AvgIpc) is 4.04. The number of phenolic OH excluding ortho intramolecular Hbond substituents is 2. The normalized spacial score (nSPS) is 11.2. The van der Waals surface area contributed by atoms with Crippen LogP contribution in [0.25, 0.3) is 40.1 Å². The molecule has 3 aromatic carbocycles. The molecule has 3 heterocycles. The summed E-state index contributed by atoms with van der Waals surface area (Å²) < 4.78 is 31.6. The fraction of sp³-hybridized carbons (Fsp3) is 0.500. The number of aromatic hydroxyl groups is 2. The molecule has 0 saturated heterocycles. The molecule has 0 radical (unpaired) electrons. The smallest absolute Gasteiger partial charge is 0.553 e. The van der Waals surface area contributed by atoms with E-state index in [0.29, 0.717) is 34.6 Å². The Bertz CT molecular complexity index is 2880. The van der Waals surface area contributed by atoms with Gasteiger partial charge in [0.25, 0.3) is 0 Å². The second-order valence-electron chi connectivity index (χ2n) is 18.5. The van der Waals surface area contributed by atoms with Crippen LogP contribution >= 0.6 is 11.8 Å². The fourth-order valence-corrected chi connectivity index (χ4v) is 8.74. The SMILES string of the molecule is CC(C)c1cc(-c2n[nH]c(=O)n2C(C)C)c(O)cc1O.CO.Cc1cc(C)c(C(C)C)cc1-c1n[nH]c(=O)n1C(C)C.Cc1cc(C)c(C(C)C)cc1-c1nnc(S(C)(=O)=O)n1C(C)C.N/N=N/N=NCl.[NH-]O.[Na+]. The van der Waals surface area contributed by atoms with Crippen molar-refractivity contribution < 1.29 is 58.5 Å². The molecule has 0 saturated carbocycles. The summed E-state index contributed by atoms with van der Waals surface area (Å²) in [6, 6.07) is 11.5. The van der Waals surface area contributed by atoms with E-state index in [0.717, 1.165) is 35.2 Å². The molecule has 0 aliphatic rings. The number of aromatic amines is 2. The Labute approximate surface area is 460 Å². The average molecular weight is 1080 g/mol. The van der Waals surface area contributed by atoms with E-state index >= 15 is 0 Å². The number of nitrogens with two attached hydrogens (primary N) is 1. The van der Waals surface area contributed by atoms with Gasteiger partial charge in [0.15, 0.2) is 17.5 Å². The number of aliphatic hydroxyl groups excluding tert-OH is 1. The van der Waals surface area contributed by atoms with Crippen LogP contribution in [0.1, 0.15) is 158 Å². The molecule has 404 valence electrons. The fourth-order valence-electron chi connectivity index (χ4n) is 7.86. The predicted molar refractivity (Wildman–Crippen MR) is 285 cm³/mol. The molecule has 9 N–H and O–H groups in total. The maximum absolute atomic E-state index is 12.0. The Kier molecular flexibility index (Phi) is 29.0. The zero-order valence-electron chi connectivity index (χ0n) is 46.1. The van der Waals surface area contributed by atoms with Gasteiger partial charge in [-0.1, -0.05) is 63.5 Å². The Hall–Kier alpha value is -5.60. The second-order valence-corrected chi connectivity index (χ2v) is 20.5. The molecule has 0 fully saturated rings. The number of nitrogens with zero attached hydrogens (tertiary/aromatic N) is 11. The zero-order chi connectivity index (χ0) is 56.4. The summed E-state index contributed by atoms with van der Waals surface area (Å²) in [6.45, 7) is 32.4. The Morgan fingerprint density at radius 3 is 1.30 bits per heavy atom. The Morgan fingerprint density at radius 2 is 0.959 bits per heavy atom. The third-order valence-corrected chi connectivity index (χ3v) is 12.0. The van der Waals surface area contributed by atoms with E-state index in [1.165, 1.54) is 39.1 Å². The van der Waals surface area contributed by atoms with E-state index in [-0.39, 0.29) is 81.6 Å². The summed E-state index contributed by atoms with van der Waals surface area (Å²) in [5.41, 5.74) is 9.91. The van der Waals surface area contributed by atoms with Crippen LogP contribution in [-0.4, -0.2) is 86.6 Å². The molecule has 0 bridgehead atoms. The molecular weight excluding hydrogens is 1010 g/mol. The van der Waals surface area contributed by atoms with Crippen LogP contribution in [0, 0.1) is 27.7 Å². The van der Waals surface area contributed by atoms with Gasteiger partial charge in [0.2, 0.25) is 15.0 Å². The molecule has 0 atom stereocenters. The first-order valence-corrected chi connectivity index (χ1v) is 25.4. The van der Waals surface area contributed by atoms with Crippen molar-refractivity contribution in [3.63, 3.8) is 0 Å². The number of phenols is 2. The maximum Gasteiger partial charge on any atom is 1.00 e. The second kappa shape index (κ2) is 31.3. The van der Waals surface area contributed by atoms with Crippen LogP contribution in [0.5, 0.6) is 11.5 Å². The van der Waals surface area contributed by atoms with E-state index < -0.39 is 9.84 Å². The Morgan fingerprint density at radius 1 is 0.581 bits per heavy atom. The quantitative estimate of drug-likeness (QED) is 0.0287. The molecule has 0 spiro atoms. The summed E-state index contributed by atoms with van der Waals surface area (Å²) in [6.07, 6.45) is 1.17. The van der Waals surface area contributed by atoms with E-state index in [1.54, 1.807) is 15.2 Å². The number of hydrogen-bond acceptors (Lipinski definition) is 14.